The number of carbonyl (C=O) groups is 1. The number of anilines is 1. The summed E-state index contributed by atoms with van der Waals surface area (Å²) in [7, 11) is 1.64. The Morgan fingerprint density at radius 1 is 0.929 bits per heavy atom. The van der Waals surface area contributed by atoms with Crippen molar-refractivity contribution in [3.05, 3.63) is 90.1 Å². The van der Waals surface area contributed by atoms with Gasteiger partial charge in [0.25, 0.3) is 5.91 Å². The molecule has 3 aromatic carbocycles. The van der Waals surface area contributed by atoms with Gasteiger partial charge in [-0.3, -0.25) is 9.78 Å². The minimum atomic E-state index is -0.151. The smallest absolute Gasteiger partial charge is 0.256 e. The minimum Gasteiger partial charge on any atom is -0.497 e. The molecule has 4 aromatic rings. The zero-order valence-electron chi connectivity index (χ0n) is 15.8. The van der Waals surface area contributed by atoms with Gasteiger partial charge in [0.05, 0.1) is 23.9 Å². The zero-order valence-corrected chi connectivity index (χ0v) is 15.8. The van der Waals surface area contributed by atoms with E-state index in [1.54, 1.807) is 13.3 Å². The molecule has 4 rings (SSSR count). The third-order valence-electron chi connectivity index (χ3n) is 4.78. The maximum Gasteiger partial charge on any atom is 0.256 e. The number of nitrogens with one attached hydrogen (secondary N) is 1. The number of aromatic nitrogens is 1. The van der Waals surface area contributed by atoms with Crippen LogP contribution in [0.2, 0.25) is 0 Å². The molecule has 4 heteroatoms. The first kappa shape index (κ1) is 17.7. The van der Waals surface area contributed by atoms with Crippen LogP contribution in [-0.4, -0.2) is 18.0 Å². The number of rotatable bonds is 4. The molecule has 0 aliphatic rings. The molecule has 1 heterocycles. The largest absolute Gasteiger partial charge is 0.497 e. The van der Waals surface area contributed by atoms with Crippen molar-refractivity contribution in [2.24, 2.45) is 0 Å². The van der Waals surface area contributed by atoms with E-state index in [0.717, 1.165) is 33.3 Å². The Balaban J connectivity index is 1.75. The second-order valence-electron chi connectivity index (χ2n) is 6.56. The molecule has 1 N–H and O–H groups in total. The predicted molar refractivity (Wildman–Crippen MR) is 113 cm³/mol. The van der Waals surface area contributed by atoms with Gasteiger partial charge in [0.1, 0.15) is 5.75 Å². The van der Waals surface area contributed by atoms with Gasteiger partial charge in [-0.25, -0.2) is 0 Å². The highest BCUT2D eigenvalue weighted by atomic mass is 16.5. The van der Waals surface area contributed by atoms with Crippen molar-refractivity contribution >= 4 is 22.5 Å². The molecule has 4 nitrogen and oxygen atoms in total. The molecule has 1 aromatic heterocycles. The van der Waals surface area contributed by atoms with Crippen LogP contribution in [0.15, 0.2) is 79.0 Å². The highest BCUT2D eigenvalue weighted by molar-refractivity contribution is 6.12. The molecule has 0 fully saturated rings. The van der Waals surface area contributed by atoms with E-state index in [0.29, 0.717) is 11.3 Å². The van der Waals surface area contributed by atoms with Crippen LogP contribution >= 0.6 is 0 Å². The average Bonchev–Trinajstić information content (AvgIpc) is 2.74. The lowest BCUT2D eigenvalue weighted by Gasteiger charge is -2.14. The number of amides is 1. The van der Waals surface area contributed by atoms with Crippen LogP contribution in [0.5, 0.6) is 5.75 Å². The van der Waals surface area contributed by atoms with Crippen molar-refractivity contribution in [2.45, 2.75) is 6.92 Å². The number of fused-ring (bicyclic) bond motifs is 1. The molecule has 28 heavy (non-hydrogen) atoms. The van der Waals surface area contributed by atoms with Gasteiger partial charge < -0.3 is 10.1 Å². The van der Waals surface area contributed by atoms with Crippen molar-refractivity contribution in [3.63, 3.8) is 0 Å². The molecule has 1 amide bonds. The van der Waals surface area contributed by atoms with Crippen LogP contribution in [0.4, 0.5) is 5.69 Å². The van der Waals surface area contributed by atoms with Crippen molar-refractivity contribution < 1.29 is 9.53 Å². The van der Waals surface area contributed by atoms with Crippen molar-refractivity contribution in [1.82, 2.24) is 4.98 Å². The Morgan fingerprint density at radius 2 is 1.68 bits per heavy atom. The normalized spacial score (nSPS) is 10.6. The van der Waals surface area contributed by atoms with E-state index in [1.165, 1.54) is 0 Å². The molecular formula is C24H20N2O2. The van der Waals surface area contributed by atoms with Crippen LogP contribution in [0.3, 0.4) is 0 Å². The number of pyridine rings is 1. The van der Waals surface area contributed by atoms with Crippen LogP contribution in [0.25, 0.3) is 22.0 Å². The highest BCUT2D eigenvalue weighted by Crippen LogP contribution is 2.29. The first-order chi connectivity index (χ1) is 13.7. The lowest BCUT2D eigenvalue weighted by Crippen LogP contribution is -2.15. The molecule has 0 atom stereocenters. The molecule has 0 saturated heterocycles. The molecule has 0 bridgehead atoms. The highest BCUT2D eigenvalue weighted by Gasteiger charge is 2.17. The third kappa shape index (κ3) is 3.32. The summed E-state index contributed by atoms with van der Waals surface area (Å²) in [5.74, 6) is 0.631. The number of para-hydroxylation sites is 1. The number of carbonyl (C=O) groups excluding carboxylic acids is 1. The maximum absolute atomic E-state index is 13.2. The average molecular weight is 368 g/mol. The fourth-order valence-electron chi connectivity index (χ4n) is 3.37. The third-order valence-corrected chi connectivity index (χ3v) is 4.78. The second kappa shape index (κ2) is 7.53. The fourth-order valence-corrected chi connectivity index (χ4v) is 3.37. The maximum atomic E-state index is 13.2. The van der Waals surface area contributed by atoms with Crippen LogP contribution in [0.1, 0.15) is 15.9 Å². The summed E-state index contributed by atoms with van der Waals surface area (Å²) in [4.78, 5) is 17.7. The van der Waals surface area contributed by atoms with Gasteiger partial charge >= 0.3 is 0 Å². The number of aryl methyl sites for hydroxylation is 1. The molecule has 138 valence electrons. The molecule has 0 saturated carbocycles. The number of hydrogen-bond acceptors (Lipinski definition) is 3. The lowest BCUT2D eigenvalue weighted by atomic mass is 9.95. The molecule has 0 spiro atoms. The Bertz CT molecular complexity index is 1150. The summed E-state index contributed by atoms with van der Waals surface area (Å²) in [6.07, 6.45) is 1.73. The molecule has 0 aliphatic carbocycles. The summed E-state index contributed by atoms with van der Waals surface area (Å²) in [5.41, 5.74) is 4.89. The van der Waals surface area contributed by atoms with Gasteiger partial charge in [-0.1, -0.05) is 48.5 Å². The number of hydrogen-bond donors (Lipinski definition) is 1. The summed E-state index contributed by atoms with van der Waals surface area (Å²) in [5, 5.41) is 4.04. The number of ether oxygens (including phenoxy) is 1. The minimum absolute atomic E-state index is 0.151. The number of nitrogens with zero attached hydrogens (tertiary/aromatic N) is 1. The molecule has 0 aliphatic heterocycles. The second-order valence-corrected chi connectivity index (χ2v) is 6.56. The lowest BCUT2D eigenvalue weighted by molar-refractivity contribution is 0.102. The Hall–Kier alpha value is -3.66. The van der Waals surface area contributed by atoms with Gasteiger partial charge in [-0.05, 0) is 47.9 Å². The first-order valence-electron chi connectivity index (χ1n) is 9.06. The quantitative estimate of drug-likeness (QED) is 0.519. The summed E-state index contributed by atoms with van der Waals surface area (Å²) in [6, 6.07) is 23.2. The SMILES string of the molecule is COc1ccc(-c2cccc(C)c2C(=O)Nc2cccc3cccnc23)cc1. The van der Waals surface area contributed by atoms with Crippen molar-refractivity contribution in [1.29, 1.82) is 0 Å². The van der Waals surface area contributed by atoms with E-state index >= 15 is 0 Å². The summed E-state index contributed by atoms with van der Waals surface area (Å²) in [6.45, 7) is 1.95. The topological polar surface area (TPSA) is 51.2 Å². The van der Waals surface area contributed by atoms with E-state index in [2.05, 4.69) is 10.3 Å². The van der Waals surface area contributed by atoms with E-state index in [9.17, 15) is 4.79 Å². The van der Waals surface area contributed by atoms with Crippen molar-refractivity contribution in [3.8, 4) is 16.9 Å². The number of methoxy groups -OCH3 is 1. The van der Waals surface area contributed by atoms with Gasteiger partial charge in [0.2, 0.25) is 0 Å². The molecular weight excluding hydrogens is 348 g/mol. The number of benzene rings is 3. The fraction of sp³-hybridized carbons (Fsp3) is 0.0833. The van der Waals surface area contributed by atoms with Gasteiger partial charge in [0.15, 0.2) is 0 Å². The Labute approximate surface area is 163 Å². The zero-order chi connectivity index (χ0) is 19.5. The van der Waals surface area contributed by atoms with Crippen molar-refractivity contribution in [2.75, 3.05) is 12.4 Å². The standard InChI is InChI=1S/C24H20N2O2/c1-16-6-3-9-20(17-11-13-19(28-2)14-12-17)22(16)24(27)26-21-10-4-7-18-8-5-15-25-23(18)21/h3-15H,1-2H3,(H,26,27). The summed E-state index contributed by atoms with van der Waals surface area (Å²) < 4.78 is 5.24. The van der Waals surface area contributed by atoms with Gasteiger partial charge in [0, 0.05) is 11.6 Å². The van der Waals surface area contributed by atoms with E-state index in [1.807, 2.05) is 79.7 Å². The van der Waals surface area contributed by atoms with E-state index in [-0.39, 0.29) is 5.91 Å². The first-order valence-corrected chi connectivity index (χ1v) is 9.06. The van der Waals surface area contributed by atoms with Gasteiger partial charge in [-0.2, -0.15) is 0 Å². The van der Waals surface area contributed by atoms with E-state index < -0.39 is 0 Å². The monoisotopic (exact) mass is 368 g/mol. The predicted octanol–water partition coefficient (Wildman–Crippen LogP) is 5.47. The Kier molecular flexibility index (Phi) is 4.77. The van der Waals surface area contributed by atoms with E-state index in [4.69, 9.17) is 4.74 Å². The van der Waals surface area contributed by atoms with Crippen LogP contribution < -0.4 is 10.1 Å². The molecule has 0 unspecified atom stereocenters. The molecule has 0 radical (unpaired) electrons. The van der Waals surface area contributed by atoms with Gasteiger partial charge in [-0.15, -0.1) is 0 Å². The Morgan fingerprint density at radius 3 is 2.46 bits per heavy atom. The van der Waals surface area contributed by atoms with Crippen LogP contribution in [-0.2, 0) is 0 Å². The summed E-state index contributed by atoms with van der Waals surface area (Å²) >= 11 is 0. The van der Waals surface area contributed by atoms with Crippen LogP contribution in [0, 0.1) is 6.92 Å².